The molecule has 2 heterocycles. The predicted octanol–water partition coefficient (Wildman–Crippen LogP) is 4.38. The van der Waals surface area contributed by atoms with Gasteiger partial charge in [0.25, 0.3) is 5.91 Å². The Kier molecular flexibility index (Phi) is 10.8. The maximum Gasteiger partial charge on any atom is 0.271 e. The predicted molar refractivity (Wildman–Crippen MR) is 129 cm³/mol. The van der Waals surface area contributed by atoms with Crippen LogP contribution in [-0.2, 0) is 13.1 Å². The Balaban J connectivity index is 0.00000225. The summed E-state index contributed by atoms with van der Waals surface area (Å²) in [6, 6.07) is 7.42. The first kappa shape index (κ1) is 26.4. The maximum atomic E-state index is 14.3. The molecule has 0 unspecified atom stereocenters. The zero-order chi connectivity index (χ0) is 20.1. The average molecular weight is 566 g/mol. The Hall–Kier alpha value is -1.62. The molecule has 3 aromatic rings. The minimum atomic E-state index is -0.566. The van der Waals surface area contributed by atoms with Crippen molar-refractivity contribution in [1.82, 2.24) is 25.2 Å². The number of hydrogen-bond acceptors (Lipinski definition) is 5. The fourth-order valence-corrected chi connectivity index (χ4v) is 3.35. The lowest BCUT2D eigenvalue weighted by Crippen LogP contribution is -2.27. The van der Waals surface area contributed by atoms with E-state index in [9.17, 15) is 9.18 Å². The molecular formula is C20H23Cl2FIN5O. The maximum absolute atomic E-state index is 14.3. The zero-order valence-corrected chi connectivity index (χ0v) is 20.4. The van der Waals surface area contributed by atoms with Crippen molar-refractivity contribution in [2.75, 3.05) is 13.1 Å². The molecule has 3 rings (SSSR count). The van der Waals surface area contributed by atoms with Crippen molar-refractivity contribution < 1.29 is 9.18 Å². The van der Waals surface area contributed by atoms with Gasteiger partial charge in [-0.3, -0.25) is 14.7 Å². The molecule has 0 aliphatic heterocycles. The van der Waals surface area contributed by atoms with E-state index in [0.29, 0.717) is 17.6 Å². The third-order valence-electron chi connectivity index (χ3n) is 4.55. The molecule has 10 heteroatoms. The van der Waals surface area contributed by atoms with Crippen LogP contribution in [0.3, 0.4) is 0 Å². The quantitative estimate of drug-likeness (QED) is 0.340. The van der Waals surface area contributed by atoms with Crippen molar-refractivity contribution in [3.8, 4) is 0 Å². The minimum Gasteiger partial charge on any atom is -0.346 e. The van der Waals surface area contributed by atoms with Gasteiger partial charge in [0.15, 0.2) is 0 Å². The number of amides is 1. The van der Waals surface area contributed by atoms with Gasteiger partial charge in [-0.15, -0.1) is 24.8 Å². The molecule has 0 aliphatic carbocycles. The van der Waals surface area contributed by atoms with E-state index in [1.54, 1.807) is 6.07 Å². The summed E-state index contributed by atoms with van der Waals surface area (Å²) < 4.78 is 15.3. The van der Waals surface area contributed by atoms with Crippen LogP contribution < -0.4 is 5.32 Å². The Bertz CT molecular complexity index is 1000. The van der Waals surface area contributed by atoms with E-state index in [1.807, 2.05) is 18.2 Å². The molecule has 0 atom stereocenters. The van der Waals surface area contributed by atoms with Gasteiger partial charge in [0, 0.05) is 28.4 Å². The molecule has 0 radical (unpaired) electrons. The molecule has 1 N–H and O–H groups in total. The standard InChI is InChI=1S/C20H21FIN5O.2ClH/c1-3-27(4-2)12-13-7-8-23-19(21)15(13)10-25-20(28)18-11-24-17-9-14(22)5-6-16(17)26-18;;/h5-9,11H,3-4,10,12H2,1-2H3,(H,25,28);2*1H. The Morgan fingerprint density at radius 1 is 1.13 bits per heavy atom. The first-order valence-corrected chi connectivity index (χ1v) is 10.1. The van der Waals surface area contributed by atoms with E-state index in [2.05, 4.69) is 61.6 Å². The Morgan fingerprint density at radius 2 is 1.87 bits per heavy atom. The van der Waals surface area contributed by atoms with E-state index in [0.717, 1.165) is 27.7 Å². The van der Waals surface area contributed by atoms with E-state index < -0.39 is 11.9 Å². The fourth-order valence-electron chi connectivity index (χ4n) is 2.88. The molecule has 6 nitrogen and oxygen atoms in total. The van der Waals surface area contributed by atoms with Crippen LogP contribution in [0.1, 0.15) is 35.5 Å². The first-order valence-electron chi connectivity index (χ1n) is 9.07. The number of pyridine rings is 1. The van der Waals surface area contributed by atoms with Gasteiger partial charge in [0.05, 0.1) is 17.2 Å². The van der Waals surface area contributed by atoms with E-state index in [-0.39, 0.29) is 37.1 Å². The summed E-state index contributed by atoms with van der Waals surface area (Å²) in [5.41, 5.74) is 2.77. The van der Waals surface area contributed by atoms with Crippen LogP contribution in [0.4, 0.5) is 4.39 Å². The summed E-state index contributed by atoms with van der Waals surface area (Å²) in [5.74, 6) is -0.964. The monoisotopic (exact) mass is 565 g/mol. The summed E-state index contributed by atoms with van der Waals surface area (Å²) in [4.78, 5) is 27.1. The second kappa shape index (κ2) is 12.3. The number of hydrogen-bond donors (Lipinski definition) is 1. The van der Waals surface area contributed by atoms with Gasteiger partial charge < -0.3 is 5.32 Å². The second-order valence-corrected chi connectivity index (χ2v) is 7.52. The van der Waals surface area contributed by atoms with Crippen molar-refractivity contribution >= 4 is 64.3 Å². The first-order chi connectivity index (χ1) is 13.5. The summed E-state index contributed by atoms with van der Waals surface area (Å²) in [6.45, 7) is 6.48. The molecule has 0 saturated carbocycles. The van der Waals surface area contributed by atoms with Crippen molar-refractivity contribution in [3.05, 3.63) is 63.0 Å². The summed E-state index contributed by atoms with van der Waals surface area (Å²) in [7, 11) is 0. The molecule has 0 bridgehead atoms. The number of benzene rings is 1. The SMILES string of the molecule is CCN(CC)Cc1ccnc(F)c1CNC(=O)c1cnc2cc(I)ccc2n1.Cl.Cl. The third-order valence-corrected chi connectivity index (χ3v) is 5.22. The van der Waals surface area contributed by atoms with Crippen LogP contribution >= 0.6 is 47.4 Å². The van der Waals surface area contributed by atoms with Crippen LogP contribution in [0, 0.1) is 9.52 Å². The lowest BCUT2D eigenvalue weighted by atomic mass is 10.1. The molecule has 0 saturated heterocycles. The smallest absolute Gasteiger partial charge is 0.271 e. The number of rotatable bonds is 7. The number of nitrogens with zero attached hydrogens (tertiary/aromatic N) is 4. The van der Waals surface area contributed by atoms with Gasteiger partial charge in [-0.05, 0) is 65.5 Å². The van der Waals surface area contributed by atoms with E-state index in [4.69, 9.17) is 0 Å². The van der Waals surface area contributed by atoms with Crippen molar-refractivity contribution in [2.24, 2.45) is 0 Å². The lowest BCUT2D eigenvalue weighted by Gasteiger charge is -2.20. The van der Waals surface area contributed by atoms with E-state index >= 15 is 0 Å². The normalized spacial score (nSPS) is 10.4. The molecular weight excluding hydrogens is 543 g/mol. The number of fused-ring (bicyclic) bond motifs is 1. The van der Waals surface area contributed by atoms with Gasteiger partial charge in [0.1, 0.15) is 5.69 Å². The molecule has 1 aromatic carbocycles. The molecule has 2 aromatic heterocycles. The number of carbonyl (C=O) groups is 1. The number of aromatic nitrogens is 3. The fraction of sp³-hybridized carbons (Fsp3) is 0.300. The number of carbonyl (C=O) groups excluding carboxylic acids is 1. The van der Waals surface area contributed by atoms with Crippen LogP contribution in [0.25, 0.3) is 11.0 Å². The van der Waals surface area contributed by atoms with Gasteiger partial charge >= 0.3 is 0 Å². The second-order valence-electron chi connectivity index (χ2n) is 6.27. The van der Waals surface area contributed by atoms with Crippen LogP contribution in [0.2, 0.25) is 0 Å². The minimum absolute atomic E-state index is 0. The highest BCUT2D eigenvalue weighted by molar-refractivity contribution is 14.1. The highest BCUT2D eigenvalue weighted by Crippen LogP contribution is 2.16. The topological polar surface area (TPSA) is 71.0 Å². The van der Waals surface area contributed by atoms with Gasteiger partial charge in [-0.2, -0.15) is 4.39 Å². The van der Waals surface area contributed by atoms with Crippen LogP contribution in [-0.4, -0.2) is 38.8 Å². The van der Waals surface area contributed by atoms with E-state index in [1.165, 1.54) is 12.4 Å². The largest absolute Gasteiger partial charge is 0.346 e. The number of nitrogens with one attached hydrogen (secondary N) is 1. The van der Waals surface area contributed by atoms with Crippen molar-refractivity contribution in [2.45, 2.75) is 26.9 Å². The molecule has 0 spiro atoms. The highest BCUT2D eigenvalue weighted by atomic mass is 127. The highest BCUT2D eigenvalue weighted by Gasteiger charge is 2.15. The lowest BCUT2D eigenvalue weighted by molar-refractivity contribution is 0.0945. The van der Waals surface area contributed by atoms with Crippen molar-refractivity contribution in [1.29, 1.82) is 0 Å². The summed E-state index contributed by atoms with van der Waals surface area (Å²) in [6.07, 6.45) is 2.89. The molecule has 30 heavy (non-hydrogen) atoms. The molecule has 1 amide bonds. The molecule has 0 fully saturated rings. The molecule has 162 valence electrons. The number of halogens is 4. The third kappa shape index (κ3) is 6.44. The van der Waals surface area contributed by atoms with Crippen LogP contribution in [0.5, 0.6) is 0 Å². The summed E-state index contributed by atoms with van der Waals surface area (Å²) >= 11 is 2.20. The average Bonchev–Trinajstić information content (AvgIpc) is 2.70. The Labute approximate surface area is 201 Å². The molecule has 0 aliphatic rings. The Morgan fingerprint density at radius 3 is 2.57 bits per heavy atom. The summed E-state index contributed by atoms with van der Waals surface area (Å²) in [5, 5.41) is 2.74. The zero-order valence-electron chi connectivity index (χ0n) is 16.6. The van der Waals surface area contributed by atoms with Crippen LogP contribution in [0.15, 0.2) is 36.7 Å². The van der Waals surface area contributed by atoms with Gasteiger partial charge in [-0.1, -0.05) is 13.8 Å². The van der Waals surface area contributed by atoms with Gasteiger partial charge in [-0.25, -0.2) is 9.97 Å². The van der Waals surface area contributed by atoms with Crippen molar-refractivity contribution in [3.63, 3.8) is 0 Å². The van der Waals surface area contributed by atoms with Gasteiger partial charge in [0.2, 0.25) is 5.95 Å².